The lowest BCUT2D eigenvalue weighted by Crippen LogP contribution is -2.32. The first-order valence-electron chi connectivity index (χ1n) is 12.2. The van der Waals surface area contributed by atoms with E-state index in [0.29, 0.717) is 11.8 Å². The van der Waals surface area contributed by atoms with Crippen molar-refractivity contribution < 1.29 is 0 Å². The van der Waals surface area contributed by atoms with Crippen molar-refractivity contribution in [3.8, 4) is 11.3 Å². The monoisotopic (exact) mass is 450 g/mol. The van der Waals surface area contributed by atoms with Gasteiger partial charge in [0.2, 0.25) is 0 Å². The number of likely N-dealkylation sites (tertiary alicyclic amines) is 1. The summed E-state index contributed by atoms with van der Waals surface area (Å²) in [6.07, 6.45) is 7.99. The van der Waals surface area contributed by atoms with E-state index >= 15 is 0 Å². The van der Waals surface area contributed by atoms with Crippen molar-refractivity contribution in [2.75, 3.05) is 13.1 Å². The van der Waals surface area contributed by atoms with Gasteiger partial charge in [-0.05, 0) is 79.2 Å². The van der Waals surface area contributed by atoms with Gasteiger partial charge in [0.1, 0.15) is 0 Å². The Kier molecular flexibility index (Phi) is 5.38. The van der Waals surface area contributed by atoms with Gasteiger partial charge in [-0.1, -0.05) is 26.0 Å². The molecule has 172 valence electrons. The molecule has 6 nitrogen and oxygen atoms in total. The van der Waals surface area contributed by atoms with Crippen LogP contribution >= 0.6 is 0 Å². The molecule has 1 aromatic carbocycles. The molecule has 4 aromatic heterocycles. The Morgan fingerprint density at radius 2 is 1.88 bits per heavy atom. The molecule has 5 aromatic rings. The topological polar surface area (TPSA) is 73.5 Å². The van der Waals surface area contributed by atoms with Crippen molar-refractivity contribution in [3.63, 3.8) is 0 Å². The average molecular weight is 451 g/mol. The highest BCUT2D eigenvalue weighted by Gasteiger charge is 2.23. The zero-order chi connectivity index (χ0) is 23.1. The molecule has 0 radical (unpaired) electrons. The number of nitrogens with one attached hydrogen (secondary N) is 2. The number of pyridine rings is 2. The van der Waals surface area contributed by atoms with Crippen LogP contribution in [0.15, 0.2) is 61.1 Å². The summed E-state index contributed by atoms with van der Waals surface area (Å²) < 4.78 is 0. The van der Waals surface area contributed by atoms with Gasteiger partial charge < -0.3 is 4.98 Å². The second kappa shape index (κ2) is 8.69. The molecule has 0 unspecified atom stereocenters. The van der Waals surface area contributed by atoms with E-state index in [2.05, 4.69) is 80.3 Å². The summed E-state index contributed by atoms with van der Waals surface area (Å²) in [6, 6.07) is 15.3. The fourth-order valence-corrected chi connectivity index (χ4v) is 5.51. The second-order valence-electron chi connectivity index (χ2n) is 9.74. The number of rotatable bonds is 5. The SMILES string of the molecule is CC(C)c1c(-c2ccnc3[nH]ncc23)[nH]c2ccc(C3CCN(Cc4ccccn4)CC3)cc12. The van der Waals surface area contributed by atoms with Gasteiger partial charge in [-0.3, -0.25) is 15.0 Å². The fraction of sp³-hybridized carbons (Fsp3) is 0.321. The second-order valence-corrected chi connectivity index (χ2v) is 9.74. The molecule has 0 atom stereocenters. The molecule has 0 aliphatic carbocycles. The number of nitrogens with zero attached hydrogens (tertiary/aromatic N) is 4. The van der Waals surface area contributed by atoms with Crippen LogP contribution in [0.25, 0.3) is 33.2 Å². The van der Waals surface area contributed by atoms with Crippen LogP contribution in [0.4, 0.5) is 0 Å². The summed E-state index contributed by atoms with van der Waals surface area (Å²) in [5.41, 5.74) is 8.35. The molecule has 0 amide bonds. The number of hydrogen-bond acceptors (Lipinski definition) is 4. The number of H-pyrrole nitrogens is 2. The van der Waals surface area contributed by atoms with Crippen LogP contribution in [-0.4, -0.2) is 43.1 Å². The maximum absolute atomic E-state index is 4.50. The van der Waals surface area contributed by atoms with Crippen molar-refractivity contribution in [2.45, 2.75) is 45.1 Å². The van der Waals surface area contributed by atoms with Gasteiger partial charge in [0.05, 0.1) is 17.6 Å². The molecule has 0 spiro atoms. The number of hydrogen-bond donors (Lipinski definition) is 2. The number of aromatic nitrogens is 5. The van der Waals surface area contributed by atoms with Crippen LogP contribution in [-0.2, 0) is 6.54 Å². The Morgan fingerprint density at radius 1 is 1.00 bits per heavy atom. The summed E-state index contributed by atoms with van der Waals surface area (Å²) in [6.45, 7) is 7.74. The first-order valence-corrected chi connectivity index (χ1v) is 12.2. The van der Waals surface area contributed by atoms with E-state index in [1.807, 2.05) is 24.7 Å². The van der Waals surface area contributed by atoms with Crippen molar-refractivity contribution in [2.24, 2.45) is 0 Å². The highest BCUT2D eigenvalue weighted by atomic mass is 15.1. The number of aromatic amines is 2. The first kappa shape index (κ1) is 21.1. The smallest absolute Gasteiger partial charge is 0.155 e. The van der Waals surface area contributed by atoms with E-state index in [1.54, 1.807) is 0 Å². The molecule has 0 bridgehead atoms. The van der Waals surface area contributed by atoms with Crippen LogP contribution in [0, 0.1) is 0 Å². The van der Waals surface area contributed by atoms with Gasteiger partial charge in [-0.25, -0.2) is 4.98 Å². The predicted molar refractivity (Wildman–Crippen MR) is 137 cm³/mol. The van der Waals surface area contributed by atoms with Gasteiger partial charge in [0, 0.05) is 40.8 Å². The molecule has 34 heavy (non-hydrogen) atoms. The highest BCUT2D eigenvalue weighted by Crippen LogP contribution is 2.39. The third-order valence-electron chi connectivity index (χ3n) is 7.23. The molecular formula is C28H30N6. The minimum absolute atomic E-state index is 0.398. The Balaban J connectivity index is 1.30. The van der Waals surface area contributed by atoms with Crippen LogP contribution < -0.4 is 0 Å². The van der Waals surface area contributed by atoms with Crippen molar-refractivity contribution in [3.05, 3.63) is 77.9 Å². The van der Waals surface area contributed by atoms with Crippen LogP contribution in [0.3, 0.4) is 0 Å². The number of piperidine rings is 1. The molecule has 1 saturated heterocycles. The molecule has 6 heteroatoms. The summed E-state index contributed by atoms with van der Waals surface area (Å²) in [5.74, 6) is 0.999. The molecule has 5 heterocycles. The Hall–Kier alpha value is -3.51. The summed E-state index contributed by atoms with van der Waals surface area (Å²) in [7, 11) is 0. The van der Waals surface area contributed by atoms with Crippen LogP contribution in [0.5, 0.6) is 0 Å². The Labute approximate surface area is 199 Å². The molecule has 2 N–H and O–H groups in total. The first-order chi connectivity index (χ1) is 16.7. The summed E-state index contributed by atoms with van der Waals surface area (Å²) in [5, 5.41) is 9.61. The largest absolute Gasteiger partial charge is 0.354 e. The number of fused-ring (bicyclic) bond motifs is 2. The third kappa shape index (κ3) is 3.78. The molecule has 1 aliphatic rings. The maximum atomic E-state index is 4.50. The summed E-state index contributed by atoms with van der Waals surface area (Å²) >= 11 is 0. The molecule has 1 fully saturated rings. The highest BCUT2D eigenvalue weighted by molar-refractivity contribution is 5.98. The number of benzene rings is 1. The summed E-state index contributed by atoms with van der Waals surface area (Å²) in [4.78, 5) is 15.2. The van der Waals surface area contributed by atoms with E-state index in [-0.39, 0.29) is 0 Å². The molecule has 6 rings (SSSR count). The zero-order valence-corrected chi connectivity index (χ0v) is 19.8. The normalized spacial score (nSPS) is 15.6. The lowest BCUT2D eigenvalue weighted by atomic mass is 9.87. The van der Waals surface area contributed by atoms with E-state index in [9.17, 15) is 0 Å². The van der Waals surface area contributed by atoms with Gasteiger partial charge in [-0.15, -0.1) is 0 Å². The predicted octanol–water partition coefficient (Wildman–Crippen LogP) is 6.00. The van der Waals surface area contributed by atoms with E-state index in [1.165, 1.54) is 40.6 Å². The minimum atomic E-state index is 0.398. The molecule has 0 saturated carbocycles. The van der Waals surface area contributed by atoms with E-state index in [0.717, 1.165) is 41.9 Å². The van der Waals surface area contributed by atoms with Gasteiger partial charge in [-0.2, -0.15) is 5.10 Å². The molecule has 1 aliphatic heterocycles. The van der Waals surface area contributed by atoms with Gasteiger partial charge in [0.25, 0.3) is 0 Å². The van der Waals surface area contributed by atoms with Gasteiger partial charge in [0.15, 0.2) is 5.65 Å². The van der Waals surface area contributed by atoms with Gasteiger partial charge >= 0.3 is 0 Å². The van der Waals surface area contributed by atoms with E-state index in [4.69, 9.17) is 0 Å². The minimum Gasteiger partial charge on any atom is -0.354 e. The van der Waals surface area contributed by atoms with Crippen molar-refractivity contribution >= 4 is 21.9 Å². The fourth-order valence-electron chi connectivity index (χ4n) is 5.51. The maximum Gasteiger partial charge on any atom is 0.155 e. The van der Waals surface area contributed by atoms with Crippen molar-refractivity contribution in [1.29, 1.82) is 0 Å². The zero-order valence-electron chi connectivity index (χ0n) is 19.8. The lowest BCUT2D eigenvalue weighted by Gasteiger charge is -2.32. The molecular weight excluding hydrogens is 420 g/mol. The standard InChI is InChI=1S/C28H30N6/c1-18(2)26-23-15-20(19-9-13-34(14-10-19)17-21-5-3-4-11-29-21)6-7-25(23)32-27(26)22-8-12-30-28-24(22)16-31-33-28/h3-8,11-12,15-16,18-19,32H,9-10,13-14,17H2,1-2H3,(H,30,31,33). The van der Waals surface area contributed by atoms with Crippen LogP contribution in [0.1, 0.15) is 55.3 Å². The van der Waals surface area contributed by atoms with Crippen LogP contribution in [0.2, 0.25) is 0 Å². The quantitative estimate of drug-likeness (QED) is 0.344. The Bertz CT molecular complexity index is 1420. The lowest BCUT2D eigenvalue weighted by molar-refractivity contribution is 0.202. The van der Waals surface area contributed by atoms with Crippen molar-refractivity contribution in [1.82, 2.24) is 30.0 Å². The third-order valence-corrected chi connectivity index (χ3v) is 7.23. The Morgan fingerprint density at radius 3 is 2.68 bits per heavy atom. The average Bonchev–Trinajstić information content (AvgIpc) is 3.49. The van der Waals surface area contributed by atoms with E-state index < -0.39 is 0 Å².